The fraction of sp³-hybridized carbons (Fsp3) is 0.312. The summed E-state index contributed by atoms with van der Waals surface area (Å²) >= 11 is 0. The first-order chi connectivity index (χ1) is 22.1. The van der Waals surface area contributed by atoms with Gasteiger partial charge in [0.2, 0.25) is 5.89 Å². The zero-order valence-corrected chi connectivity index (χ0v) is 24.7. The number of carbonyl (C=O) groups excluding carboxylic acids is 2. The van der Waals surface area contributed by atoms with Crippen LogP contribution in [0.4, 0.5) is 13.2 Å². The molecule has 0 unspecified atom stereocenters. The Hall–Kier alpha value is -5.11. The summed E-state index contributed by atoms with van der Waals surface area (Å²) in [5.41, 5.74) is 2.54. The predicted molar refractivity (Wildman–Crippen MR) is 157 cm³/mol. The van der Waals surface area contributed by atoms with Crippen molar-refractivity contribution in [3.05, 3.63) is 89.6 Å². The van der Waals surface area contributed by atoms with Crippen molar-refractivity contribution in [3.63, 3.8) is 0 Å². The van der Waals surface area contributed by atoms with E-state index in [1.165, 1.54) is 7.11 Å². The van der Waals surface area contributed by atoms with Crippen LogP contribution in [0.5, 0.6) is 17.2 Å². The number of amides is 2. The molecule has 2 N–H and O–H groups in total. The van der Waals surface area contributed by atoms with Crippen molar-refractivity contribution >= 4 is 11.8 Å². The predicted octanol–water partition coefficient (Wildman–Crippen LogP) is 4.22. The molecule has 46 heavy (non-hydrogen) atoms. The Labute approximate surface area is 261 Å². The zero-order chi connectivity index (χ0) is 32.3. The summed E-state index contributed by atoms with van der Waals surface area (Å²) in [7, 11) is 1.53. The van der Waals surface area contributed by atoms with Crippen molar-refractivity contribution in [2.45, 2.75) is 37.8 Å². The van der Waals surface area contributed by atoms with E-state index in [9.17, 15) is 22.8 Å². The van der Waals surface area contributed by atoms with Crippen LogP contribution >= 0.6 is 0 Å². The Morgan fingerprint density at radius 2 is 1.85 bits per heavy atom. The number of carbonyl (C=O) groups is 2. The number of benzene rings is 3. The van der Waals surface area contributed by atoms with Crippen molar-refractivity contribution in [3.8, 4) is 28.4 Å². The summed E-state index contributed by atoms with van der Waals surface area (Å²) in [4.78, 5) is 31.5. The summed E-state index contributed by atoms with van der Waals surface area (Å²) in [6.07, 6.45) is -4.73. The van der Waals surface area contributed by atoms with Crippen LogP contribution in [0.3, 0.4) is 0 Å². The van der Waals surface area contributed by atoms with E-state index < -0.39 is 24.1 Å². The number of hydrogen-bond donors (Lipinski definition) is 2. The van der Waals surface area contributed by atoms with Crippen LogP contribution in [0.15, 0.2) is 71.3 Å². The SMILES string of the molecule is COc1ccc2cc1-c1cccc(c1)OCC(=O)NCc1ccc(cc1)O[C@@H]1CCN(Cc3nc(C(F)(F)F)no3)C[C@H]1NC2=O. The Morgan fingerprint density at radius 3 is 2.61 bits per heavy atom. The molecule has 0 spiro atoms. The van der Waals surface area contributed by atoms with Crippen LogP contribution in [-0.2, 0) is 24.1 Å². The smallest absolute Gasteiger partial charge is 0.455 e. The van der Waals surface area contributed by atoms with E-state index in [0.29, 0.717) is 46.9 Å². The van der Waals surface area contributed by atoms with Crippen molar-refractivity contribution in [1.29, 1.82) is 0 Å². The average molecular weight is 638 g/mol. The van der Waals surface area contributed by atoms with Gasteiger partial charge in [0.1, 0.15) is 23.4 Å². The number of fused-ring (bicyclic) bond motifs is 7. The Morgan fingerprint density at radius 1 is 1.02 bits per heavy atom. The summed E-state index contributed by atoms with van der Waals surface area (Å²) in [5, 5.41) is 8.95. The number of nitrogens with one attached hydrogen (secondary N) is 2. The minimum atomic E-state index is -4.72. The molecule has 0 saturated carbocycles. The molecule has 3 aliphatic heterocycles. The first-order valence-corrected chi connectivity index (χ1v) is 14.5. The van der Waals surface area contributed by atoms with Gasteiger partial charge in [-0.2, -0.15) is 18.2 Å². The van der Waals surface area contributed by atoms with Crippen LogP contribution < -0.4 is 24.8 Å². The van der Waals surface area contributed by atoms with E-state index >= 15 is 0 Å². The normalized spacial score (nSPS) is 19.2. The van der Waals surface area contributed by atoms with Gasteiger partial charge < -0.3 is 29.4 Å². The van der Waals surface area contributed by atoms with Crippen molar-refractivity contribution in [2.24, 2.45) is 0 Å². The summed E-state index contributed by atoms with van der Waals surface area (Å²) < 4.78 is 61.5. The second-order valence-corrected chi connectivity index (χ2v) is 10.9. The fourth-order valence-electron chi connectivity index (χ4n) is 5.39. The van der Waals surface area contributed by atoms with E-state index in [1.807, 2.05) is 23.1 Å². The lowest BCUT2D eigenvalue weighted by Crippen LogP contribution is -2.56. The Bertz CT molecular complexity index is 1710. The monoisotopic (exact) mass is 637 g/mol. The van der Waals surface area contributed by atoms with E-state index in [1.54, 1.807) is 48.5 Å². The van der Waals surface area contributed by atoms with Gasteiger partial charge in [0.05, 0.1) is 19.7 Å². The lowest BCUT2D eigenvalue weighted by molar-refractivity contribution is -0.146. The third kappa shape index (κ3) is 7.23. The number of methoxy groups -OCH3 is 1. The lowest BCUT2D eigenvalue weighted by atomic mass is 9.99. The van der Waals surface area contributed by atoms with Gasteiger partial charge >= 0.3 is 6.18 Å². The number of ether oxygens (including phenoxy) is 3. The van der Waals surface area contributed by atoms with Gasteiger partial charge in [0, 0.05) is 30.8 Å². The third-order valence-electron chi connectivity index (χ3n) is 7.71. The van der Waals surface area contributed by atoms with Gasteiger partial charge in [-0.15, -0.1) is 0 Å². The van der Waals surface area contributed by atoms with E-state index in [-0.39, 0.29) is 43.9 Å². The van der Waals surface area contributed by atoms with Crippen LogP contribution in [0.25, 0.3) is 11.1 Å². The molecule has 3 aromatic carbocycles. The molecule has 6 bridgehead atoms. The molecule has 7 rings (SSSR count). The molecular weight excluding hydrogens is 607 g/mol. The van der Waals surface area contributed by atoms with Gasteiger partial charge in [-0.3, -0.25) is 14.5 Å². The number of hydrogen-bond acceptors (Lipinski definition) is 9. The number of likely N-dealkylation sites (tertiary alicyclic amines) is 1. The summed E-state index contributed by atoms with van der Waals surface area (Å²) in [6, 6.07) is 18.8. The van der Waals surface area contributed by atoms with Gasteiger partial charge in [-0.25, -0.2) is 0 Å². The molecule has 0 radical (unpaired) electrons. The van der Waals surface area contributed by atoms with E-state index in [2.05, 4.69) is 20.8 Å². The van der Waals surface area contributed by atoms with Crippen molar-refractivity contribution in [1.82, 2.24) is 25.7 Å². The van der Waals surface area contributed by atoms with Crippen molar-refractivity contribution in [2.75, 3.05) is 26.8 Å². The molecule has 3 aliphatic rings. The molecular formula is C32H30F3N5O6. The first kappa shape index (κ1) is 30.9. The number of aromatic nitrogens is 2. The molecule has 1 saturated heterocycles. The summed E-state index contributed by atoms with van der Waals surface area (Å²) in [6.45, 7) is 0.756. The number of rotatable bonds is 3. The van der Waals surface area contributed by atoms with Gasteiger partial charge in [-0.05, 0) is 60.0 Å². The third-order valence-corrected chi connectivity index (χ3v) is 7.71. The maximum absolute atomic E-state index is 13.7. The van der Waals surface area contributed by atoms with Gasteiger partial charge in [-0.1, -0.05) is 29.4 Å². The number of piperidine rings is 1. The van der Waals surface area contributed by atoms with E-state index in [4.69, 9.17) is 18.7 Å². The lowest BCUT2D eigenvalue weighted by Gasteiger charge is -2.38. The topological polar surface area (TPSA) is 128 Å². The van der Waals surface area contributed by atoms with Crippen LogP contribution in [-0.4, -0.2) is 65.8 Å². The van der Waals surface area contributed by atoms with E-state index in [0.717, 1.165) is 5.56 Å². The highest BCUT2D eigenvalue weighted by Gasteiger charge is 2.38. The maximum Gasteiger partial charge on any atom is 0.455 e. The second kappa shape index (κ2) is 13.1. The van der Waals surface area contributed by atoms with Crippen LogP contribution in [0, 0.1) is 0 Å². The summed E-state index contributed by atoms with van der Waals surface area (Å²) in [5.74, 6) is -0.641. The highest BCUT2D eigenvalue weighted by atomic mass is 19.4. The maximum atomic E-state index is 13.7. The molecule has 14 heteroatoms. The molecule has 11 nitrogen and oxygen atoms in total. The highest BCUT2D eigenvalue weighted by Crippen LogP contribution is 2.33. The highest BCUT2D eigenvalue weighted by molar-refractivity contribution is 5.96. The largest absolute Gasteiger partial charge is 0.496 e. The van der Waals surface area contributed by atoms with Gasteiger partial charge in [0.15, 0.2) is 6.61 Å². The number of alkyl halides is 3. The standard InChI is InChI=1S/C32H30F3N5O6/c1-43-26-10-7-21-14-24(26)20-3-2-4-23(13-20)44-18-28(41)36-15-19-5-8-22(9-6-19)45-27-11-12-40(16-25(27)37-30(21)42)17-29-38-31(39-46-29)32(33,34)35/h2-10,13-14,25,27H,11-12,15-18H2,1H3,(H,36,41)(H,37,42)/t25-,27-/m1/s1. The Balaban J connectivity index is 1.30. The number of halogens is 3. The molecule has 4 heterocycles. The zero-order valence-electron chi connectivity index (χ0n) is 24.7. The van der Waals surface area contributed by atoms with Gasteiger partial charge in [0.25, 0.3) is 17.6 Å². The second-order valence-electron chi connectivity index (χ2n) is 10.9. The Kier molecular flexibility index (Phi) is 8.79. The van der Waals surface area contributed by atoms with Crippen LogP contribution in [0.1, 0.15) is 34.1 Å². The number of nitrogens with zero attached hydrogens (tertiary/aromatic N) is 3. The minimum Gasteiger partial charge on any atom is -0.496 e. The average Bonchev–Trinajstić information content (AvgIpc) is 3.53. The van der Waals surface area contributed by atoms with Crippen LogP contribution in [0.2, 0.25) is 0 Å². The van der Waals surface area contributed by atoms with Crippen molar-refractivity contribution < 1.29 is 41.5 Å². The molecule has 0 aliphatic carbocycles. The molecule has 2 atom stereocenters. The fourth-order valence-corrected chi connectivity index (χ4v) is 5.39. The molecule has 240 valence electrons. The molecule has 2 amide bonds. The molecule has 1 aromatic heterocycles. The first-order valence-electron chi connectivity index (χ1n) is 14.5. The molecule has 1 fully saturated rings. The quantitative estimate of drug-likeness (QED) is 0.339. The molecule has 4 aromatic rings. The minimum absolute atomic E-state index is 0.0340.